The van der Waals surface area contributed by atoms with Crippen molar-refractivity contribution in [2.45, 2.75) is 0 Å². The SMILES string of the molecule is C=CC#C/C(=C/c1ccccc1)c1ccccc1. The summed E-state index contributed by atoms with van der Waals surface area (Å²) < 4.78 is 0. The molecule has 0 aromatic heterocycles. The smallest absolute Gasteiger partial charge is 0.0327 e. The summed E-state index contributed by atoms with van der Waals surface area (Å²) in [5.41, 5.74) is 3.27. The fraction of sp³-hybridized carbons (Fsp3) is 0. The maximum Gasteiger partial charge on any atom is 0.0327 e. The Morgan fingerprint density at radius 2 is 1.50 bits per heavy atom. The van der Waals surface area contributed by atoms with Gasteiger partial charge in [0.05, 0.1) is 0 Å². The third-order valence-corrected chi connectivity index (χ3v) is 2.50. The second-order valence-electron chi connectivity index (χ2n) is 3.81. The van der Waals surface area contributed by atoms with Gasteiger partial charge in [0, 0.05) is 5.57 Å². The van der Waals surface area contributed by atoms with E-state index in [1.165, 1.54) is 0 Å². The van der Waals surface area contributed by atoms with Crippen molar-refractivity contribution in [1.82, 2.24) is 0 Å². The molecule has 0 heteroatoms. The minimum Gasteiger partial charge on any atom is -0.0906 e. The van der Waals surface area contributed by atoms with Crippen LogP contribution in [0.3, 0.4) is 0 Å². The van der Waals surface area contributed by atoms with E-state index in [1.807, 2.05) is 36.4 Å². The van der Waals surface area contributed by atoms with Crippen molar-refractivity contribution < 1.29 is 0 Å². The Hall–Kier alpha value is -2.52. The monoisotopic (exact) mass is 230 g/mol. The first-order valence-electron chi connectivity index (χ1n) is 5.85. The molecule has 0 aliphatic heterocycles. The number of hydrogen-bond donors (Lipinski definition) is 0. The van der Waals surface area contributed by atoms with Crippen LogP contribution in [-0.4, -0.2) is 0 Å². The maximum absolute atomic E-state index is 3.63. The molecule has 0 atom stereocenters. The normalized spacial score (nSPS) is 10.3. The fourth-order valence-corrected chi connectivity index (χ4v) is 1.65. The van der Waals surface area contributed by atoms with Gasteiger partial charge in [0.1, 0.15) is 0 Å². The zero-order chi connectivity index (χ0) is 12.6. The van der Waals surface area contributed by atoms with E-state index in [9.17, 15) is 0 Å². The average molecular weight is 230 g/mol. The van der Waals surface area contributed by atoms with Gasteiger partial charge in [-0.2, -0.15) is 0 Å². The standard InChI is InChI=1S/C18H14/c1-2-3-12-18(17-13-8-5-9-14-17)15-16-10-6-4-7-11-16/h2,4-11,13-15H,1H2/b18-15-. The van der Waals surface area contributed by atoms with Gasteiger partial charge in [-0.3, -0.25) is 0 Å². The molecule has 0 aliphatic carbocycles. The van der Waals surface area contributed by atoms with Gasteiger partial charge in [-0.05, 0) is 23.3 Å². The third kappa shape index (κ3) is 3.23. The van der Waals surface area contributed by atoms with Crippen LogP contribution < -0.4 is 0 Å². The molecule has 0 saturated carbocycles. The molecule has 0 nitrogen and oxygen atoms in total. The van der Waals surface area contributed by atoms with E-state index in [0.29, 0.717) is 0 Å². The molecule has 0 radical (unpaired) electrons. The Bertz CT molecular complexity index is 593. The number of rotatable bonds is 2. The molecule has 0 heterocycles. The van der Waals surface area contributed by atoms with Crippen molar-refractivity contribution in [1.29, 1.82) is 0 Å². The topological polar surface area (TPSA) is 0 Å². The first kappa shape index (κ1) is 12.0. The van der Waals surface area contributed by atoms with Crippen LogP contribution in [0.5, 0.6) is 0 Å². The highest BCUT2D eigenvalue weighted by Gasteiger charge is 1.97. The van der Waals surface area contributed by atoms with Crippen LogP contribution in [0.4, 0.5) is 0 Å². The van der Waals surface area contributed by atoms with Gasteiger partial charge >= 0.3 is 0 Å². The second kappa shape index (κ2) is 6.27. The minimum atomic E-state index is 1.00. The Morgan fingerprint density at radius 3 is 2.11 bits per heavy atom. The Labute approximate surface area is 108 Å². The molecule has 2 aromatic rings. The average Bonchev–Trinajstić information content (AvgIpc) is 2.45. The number of allylic oxidation sites excluding steroid dienone is 2. The predicted octanol–water partition coefficient (Wildman–Crippen LogP) is 4.42. The molecule has 0 unspecified atom stereocenters. The van der Waals surface area contributed by atoms with Crippen molar-refractivity contribution in [3.8, 4) is 11.8 Å². The lowest BCUT2D eigenvalue weighted by atomic mass is 10.0. The number of benzene rings is 2. The highest BCUT2D eigenvalue weighted by Crippen LogP contribution is 2.17. The van der Waals surface area contributed by atoms with Crippen molar-refractivity contribution in [3.05, 3.63) is 84.4 Å². The molecule has 0 saturated heterocycles. The molecule has 86 valence electrons. The van der Waals surface area contributed by atoms with E-state index < -0.39 is 0 Å². The summed E-state index contributed by atoms with van der Waals surface area (Å²) in [6.45, 7) is 3.63. The van der Waals surface area contributed by atoms with Crippen LogP contribution in [0.25, 0.3) is 11.6 Å². The molecule has 18 heavy (non-hydrogen) atoms. The van der Waals surface area contributed by atoms with Crippen LogP contribution in [0.15, 0.2) is 73.3 Å². The van der Waals surface area contributed by atoms with Gasteiger partial charge in [0.2, 0.25) is 0 Å². The maximum atomic E-state index is 3.63. The van der Waals surface area contributed by atoms with E-state index in [1.54, 1.807) is 6.08 Å². The zero-order valence-electron chi connectivity index (χ0n) is 10.1. The molecule has 0 amide bonds. The van der Waals surface area contributed by atoms with E-state index in [0.717, 1.165) is 16.7 Å². The summed E-state index contributed by atoms with van der Waals surface area (Å²) in [6, 6.07) is 20.4. The quantitative estimate of drug-likeness (QED) is 0.529. The highest BCUT2D eigenvalue weighted by molar-refractivity contribution is 5.91. The summed E-state index contributed by atoms with van der Waals surface area (Å²) in [5.74, 6) is 6.04. The molecular weight excluding hydrogens is 216 g/mol. The van der Waals surface area contributed by atoms with Crippen molar-refractivity contribution in [2.24, 2.45) is 0 Å². The fourth-order valence-electron chi connectivity index (χ4n) is 1.65. The molecule has 2 aromatic carbocycles. The zero-order valence-corrected chi connectivity index (χ0v) is 10.1. The summed E-state index contributed by atoms with van der Waals surface area (Å²) in [4.78, 5) is 0. The van der Waals surface area contributed by atoms with Gasteiger partial charge in [-0.1, -0.05) is 79.1 Å². The van der Waals surface area contributed by atoms with Crippen LogP contribution in [-0.2, 0) is 0 Å². The van der Waals surface area contributed by atoms with Crippen molar-refractivity contribution in [3.63, 3.8) is 0 Å². The molecule has 0 aliphatic rings. The minimum absolute atomic E-state index is 1.00. The lowest BCUT2D eigenvalue weighted by Crippen LogP contribution is -1.81. The van der Waals surface area contributed by atoms with Gasteiger partial charge in [0.25, 0.3) is 0 Å². The van der Waals surface area contributed by atoms with E-state index >= 15 is 0 Å². The van der Waals surface area contributed by atoms with E-state index in [-0.39, 0.29) is 0 Å². The summed E-state index contributed by atoms with van der Waals surface area (Å²) >= 11 is 0. The third-order valence-electron chi connectivity index (χ3n) is 2.50. The molecular formula is C18H14. The van der Waals surface area contributed by atoms with E-state index in [4.69, 9.17) is 0 Å². The van der Waals surface area contributed by atoms with Crippen molar-refractivity contribution in [2.75, 3.05) is 0 Å². The summed E-state index contributed by atoms with van der Waals surface area (Å²) in [6.07, 6.45) is 3.70. The van der Waals surface area contributed by atoms with Gasteiger partial charge in [0.15, 0.2) is 0 Å². The van der Waals surface area contributed by atoms with Crippen LogP contribution in [0, 0.1) is 11.8 Å². The second-order valence-corrected chi connectivity index (χ2v) is 3.81. The van der Waals surface area contributed by atoms with Crippen LogP contribution >= 0.6 is 0 Å². The summed E-state index contributed by atoms with van der Waals surface area (Å²) in [7, 11) is 0. The largest absolute Gasteiger partial charge is 0.0906 e. The van der Waals surface area contributed by atoms with Crippen LogP contribution in [0.2, 0.25) is 0 Å². The predicted molar refractivity (Wildman–Crippen MR) is 78.7 cm³/mol. The highest BCUT2D eigenvalue weighted by atomic mass is 14.0. The molecule has 0 bridgehead atoms. The Kier molecular flexibility index (Phi) is 4.16. The van der Waals surface area contributed by atoms with Gasteiger partial charge in [-0.25, -0.2) is 0 Å². The van der Waals surface area contributed by atoms with E-state index in [2.05, 4.69) is 48.8 Å². The number of hydrogen-bond acceptors (Lipinski definition) is 0. The lowest BCUT2D eigenvalue weighted by molar-refractivity contribution is 1.62. The molecule has 0 N–H and O–H groups in total. The first-order chi connectivity index (χ1) is 8.90. The lowest BCUT2D eigenvalue weighted by Gasteiger charge is -2.00. The molecule has 2 rings (SSSR count). The summed E-state index contributed by atoms with van der Waals surface area (Å²) in [5, 5.41) is 0. The van der Waals surface area contributed by atoms with Gasteiger partial charge < -0.3 is 0 Å². The Morgan fingerprint density at radius 1 is 0.889 bits per heavy atom. The molecule has 0 fully saturated rings. The molecule has 0 spiro atoms. The van der Waals surface area contributed by atoms with Gasteiger partial charge in [-0.15, -0.1) is 0 Å². The Balaban J connectivity index is 2.44. The van der Waals surface area contributed by atoms with Crippen molar-refractivity contribution >= 4 is 11.6 Å². The first-order valence-corrected chi connectivity index (χ1v) is 5.85. The van der Waals surface area contributed by atoms with Crippen LogP contribution in [0.1, 0.15) is 11.1 Å².